The minimum Gasteiger partial charge on any atom is -0.459 e. The highest BCUT2D eigenvalue weighted by Crippen LogP contribution is 2.33. The molecule has 1 aliphatic rings. The van der Waals surface area contributed by atoms with Crippen LogP contribution in [-0.4, -0.2) is 60.3 Å². The molecule has 1 saturated carbocycles. The summed E-state index contributed by atoms with van der Waals surface area (Å²) >= 11 is 6.56. The van der Waals surface area contributed by atoms with E-state index in [1.807, 2.05) is 48.5 Å². The van der Waals surface area contributed by atoms with Crippen molar-refractivity contribution in [2.75, 3.05) is 6.61 Å². The van der Waals surface area contributed by atoms with Crippen molar-refractivity contribution >= 4 is 22.8 Å². The van der Waals surface area contributed by atoms with Crippen molar-refractivity contribution in [1.29, 1.82) is 0 Å². The summed E-state index contributed by atoms with van der Waals surface area (Å²) < 4.78 is 5.84. The van der Waals surface area contributed by atoms with Crippen LogP contribution in [0.4, 0.5) is 0 Å². The van der Waals surface area contributed by atoms with E-state index in [4.69, 9.17) is 16.3 Å². The fourth-order valence-corrected chi connectivity index (χ4v) is 5.00. The molecule has 0 spiro atoms. The van der Waals surface area contributed by atoms with Gasteiger partial charge in [-0.1, -0.05) is 60.1 Å². The fraction of sp³-hybridized carbons (Fsp3) is 0.357. The molecule has 5 rings (SSSR count). The summed E-state index contributed by atoms with van der Waals surface area (Å²) in [5.41, 5.74) is 4.43. The summed E-state index contributed by atoms with van der Waals surface area (Å²) in [5, 5.41) is 40.6. The molecule has 0 saturated heterocycles. The predicted molar refractivity (Wildman–Crippen MR) is 141 cm³/mol. The van der Waals surface area contributed by atoms with E-state index in [1.54, 1.807) is 19.9 Å². The third-order valence-electron chi connectivity index (χ3n) is 7.02. The number of imidazole rings is 1. The Morgan fingerprint density at radius 1 is 0.946 bits per heavy atom. The van der Waals surface area contributed by atoms with Gasteiger partial charge in [0.2, 0.25) is 0 Å². The Balaban J connectivity index is 1.35. The van der Waals surface area contributed by atoms with Gasteiger partial charge in [0.1, 0.15) is 12.2 Å². The number of aliphatic hydroxyl groups excluding tert-OH is 3. The monoisotopic (exact) mass is 523 g/mol. The maximum atomic E-state index is 10.4. The van der Waals surface area contributed by atoms with E-state index in [2.05, 4.69) is 15.0 Å². The molecule has 9 heteroatoms. The average Bonchev–Trinajstić information content (AvgIpc) is 3.27. The molecule has 0 amide bonds. The highest BCUT2D eigenvalue weighted by molar-refractivity contribution is 6.33. The van der Waals surface area contributed by atoms with Crippen LogP contribution in [0.5, 0.6) is 6.01 Å². The highest BCUT2D eigenvalue weighted by atomic mass is 35.5. The molecule has 2 aromatic heterocycles. The lowest BCUT2D eigenvalue weighted by atomic mass is 9.83. The molecule has 4 atom stereocenters. The van der Waals surface area contributed by atoms with E-state index in [1.165, 1.54) is 0 Å². The number of hydrogen-bond acceptors (Lipinski definition) is 7. The molecule has 4 aromatic rings. The maximum absolute atomic E-state index is 10.4. The predicted octanol–water partition coefficient (Wildman–Crippen LogP) is 4.04. The van der Waals surface area contributed by atoms with Gasteiger partial charge in [-0.25, -0.2) is 4.98 Å². The van der Waals surface area contributed by atoms with Crippen LogP contribution in [0.2, 0.25) is 5.02 Å². The number of halogens is 1. The number of aromatic nitrogens is 3. The van der Waals surface area contributed by atoms with Crippen LogP contribution in [0.3, 0.4) is 0 Å². The zero-order valence-corrected chi connectivity index (χ0v) is 21.4. The fourth-order valence-electron chi connectivity index (χ4n) is 4.74. The third-order valence-corrected chi connectivity index (χ3v) is 7.31. The van der Waals surface area contributed by atoms with Gasteiger partial charge < -0.3 is 30.1 Å². The average molecular weight is 524 g/mol. The summed E-state index contributed by atoms with van der Waals surface area (Å²) in [6.45, 7) is 3.33. The molecule has 2 heterocycles. The van der Waals surface area contributed by atoms with Gasteiger partial charge in [-0.2, -0.15) is 4.98 Å². The zero-order valence-electron chi connectivity index (χ0n) is 20.6. The molecule has 194 valence electrons. The van der Waals surface area contributed by atoms with Crippen LogP contribution < -0.4 is 4.74 Å². The van der Waals surface area contributed by atoms with E-state index in [9.17, 15) is 20.4 Å². The molecule has 0 unspecified atom stereocenters. The first-order valence-corrected chi connectivity index (χ1v) is 12.7. The minimum absolute atomic E-state index is 0.180. The molecular formula is C28H30ClN3O5. The van der Waals surface area contributed by atoms with Gasteiger partial charge in [-0.15, -0.1) is 0 Å². The number of ether oxygens (including phenoxy) is 1. The van der Waals surface area contributed by atoms with Crippen molar-refractivity contribution in [2.45, 2.75) is 50.6 Å². The van der Waals surface area contributed by atoms with E-state index < -0.39 is 23.9 Å². The van der Waals surface area contributed by atoms with Crippen LogP contribution >= 0.6 is 11.6 Å². The first-order chi connectivity index (χ1) is 17.6. The van der Waals surface area contributed by atoms with Crippen molar-refractivity contribution in [1.82, 2.24) is 15.0 Å². The van der Waals surface area contributed by atoms with Crippen molar-refractivity contribution in [3.05, 3.63) is 65.2 Å². The number of fused-ring (bicyclic) bond motifs is 1. The number of aliphatic hydroxyl groups is 4. The Morgan fingerprint density at radius 3 is 2.19 bits per heavy atom. The number of pyridine rings is 1. The van der Waals surface area contributed by atoms with Gasteiger partial charge >= 0.3 is 0 Å². The molecule has 0 aliphatic heterocycles. The molecule has 37 heavy (non-hydrogen) atoms. The second-order valence-electron chi connectivity index (χ2n) is 10.1. The number of nitrogens with zero attached hydrogens (tertiary/aromatic N) is 2. The van der Waals surface area contributed by atoms with Crippen molar-refractivity contribution < 1.29 is 25.2 Å². The molecule has 1 aliphatic carbocycles. The third kappa shape index (κ3) is 5.21. The summed E-state index contributed by atoms with van der Waals surface area (Å²) in [6, 6.07) is 17.6. The second kappa shape index (κ2) is 10.0. The Kier molecular flexibility index (Phi) is 6.95. The smallest absolute Gasteiger partial charge is 0.296 e. The summed E-state index contributed by atoms with van der Waals surface area (Å²) in [7, 11) is 0. The number of rotatable bonds is 6. The van der Waals surface area contributed by atoms with Crippen LogP contribution in [0.1, 0.15) is 32.3 Å². The van der Waals surface area contributed by atoms with E-state index >= 15 is 0 Å². The van der Waals surface area contributed by atoms with Gasteiger partial charge in [0, 0.05) is 18.1 Å². The lowest BCUT2D eigenvalue weighted by Crippen LogP contribution is -2.49. The summed E-state index contributed by atoms with van der Waals surface area (Å²) in [5.74, 6) is -0.369. The topological polar surface area (TPSA) is 132 Å². The van der Waals surface area contributed by atoms with Crippen LogP contribution in [0, 0.1) is 5.92 Å². The Morgan fingerprint density at radius 2 is 1.57 bits per heavy atom. The molecule has 0 radical (unpaired) electrons. The Labute approximate surface area is 219 Å². The summed E-state index contributed by atoms with van der Waals surface area (Å²) in [6.07, 6.45) is -1.83. The van der Waals surface area contributed by atoms with Crippen molar-refractivity contribution in [2.24, 2.45) is 5.92 Å². The van der Waals surface area contributed by atoms with E-state index in [0.29, 0.717) is 34.7 Å². The highest BCUT2D eigenvalue weighted by Gasteiger charge is 2.38. The minimum atomic E-state index is -1.13. The molecule has 5 N–H and O–H groups in total. The zero-order chi connectivity index (χ0) is 26.3. The molecule has 0 bridgehead atoms. The lowest BCUT2D eigenvalue weighted by molar-refractivity contribution is -0.111. The van der Waals surface area contributed by atoms with Crippen molar-refractivity contribution in [3.63, 3.8) is 0 Å². The largest absolute Gasteiger partial charge is 0.459 e. The van der Waals surface area contributed by atoms with Gasteiger partial charge in [-0.05, 0) is 49.4 Å². The Hall–Kier alpha value is -3.01. The van der Waals surface area contributed by atoms with Crippen LogP contribution in [0.15, 0.2) is 54.6 Å². The number of benzene rings is 2. The van der Waals surface area contributed by atoms with E-state index in [-0.39, 0.29) is 18.5 Å². The summed E-state index contributed by atoms with van der Waals surface area (Å²) in [4.78, 5) is 12.1. The number of hydrogen-bond donors (Lipinski definition) is 5. The first kappa shape index (κ1) is 25.6. The molecular weight excluding hydrogens is 494 g/mol. The number of H-pyrrole nitrogens is 1. The van der Waals surface area contributed by atoms with E-state index in [0.717, 1.165) is 22.3 Å². The van der Waals surface area contributed by atoms with Gasteiger partial charge in [0.05, 0.1) is 27.9 Å². The van der Waals surface area contributed by atoms with Crippen LogP contribution in [-0.2, 0) is 5.60 Å². The number of nitrogens with one attached hydrogen (secondary N) is 1. The normalized spacial score (nSPS) is 22.4. The second-order valence-corrected chi connectivity index (χ2v) is 10.5. The van der Waals surface area contributed by atoms with Gasteiger partial charge in [0.25, 0.3) is 6.01 Å². The molecule has 1 fully saturated rings. The Bertz CT molecular complexity index is 1380. The molecule has 2 aromatic carbocycles. The van der Waals surface area contributed by atoms with Crippen LogP contribution in [0.25, 0.3) is 33.5 Å². The standard InChI is InChI=1S/C28H30ClN3O5/c1-28(2,36)19-10-7-16(8-11-19)15-3-5-17(6-4-15)23-20(29)13-21-26(31-23)32-27(30-21)37-22-12-9-18(14-33)24(34)25(22)35/h3-8,10-11,13,18,22,24-25,33-36H,9,12,14H2,1-2H3,(H,30,31,32)/t18-,22+,24-,25-/m1/s1. The SMILES string of the molecule is CC(C)(O)c1ccc(-c2ccc(-c3nc4nc(O[C@H]5CC[C@H](CO)[C@@H](O)[C@@H]5O)[nH]c4cc3Cl)cc2)cc1. The van der Waals surface area contributed by atoms with Gasteiger partial charge in [0.15, 0.2) is 5.65 Å². The maximum Gasteiger partial charge on any atom is 0.296 e. The quantitative estimate of drug-likeness (QED) is 0.257. The first-order valence-electron chi connectivity index (χ1n) is 12.3. The lowest BCUT2D eigenvalue weighted by Gasteiger charge is -2.36. The van der Waals surface area contributed by atoms with Crippen molar-refractivity contribution in [3.8, 4) is 28.4 Å². The number of aromatic amines is 1. The van der Waals surface area contributed by atoms with Gasteiger partial charge in [-0.3, -0.25) is 0 Å². The molecule has 8 nitrogen and oxygen atoms in total.